The highest BCUT2D eigenvalue weighted by molar-refractivity contribution is 5.77. The summed E-state index contributed by atoms with van der Waals surface area (Å²) in [6.45, 7) is 6.58. The quantitative estimate of drug-likeness (QED) is 0.751. The summed E-state index contributed by atoms with van der Waals surface area (Å²) in [6, 6.07) is 10.6. The predicted molar refractivity (Wildman–Crippen MR) is 107 cm³/mol. The van der Waals surface area contributed by atoms with E-state index in [1.54, 1.807) is 0 Å². The number of carbonyl (C=O) groups excluding carboxylic acids is 1. The first-order chi connectivity index (χ1) is 12.6. The summed E-state index contributed by atoms with van der Waals surface area (Å²) in [5.41, 5.74) is 1.66. The second-order valence-corrected chi connectivity index (χ2v) is 8.59. The molecule has 0 aliphatic carbocycles. The summed E-state index contributed by atoms with van der Waals surface area (Å²) in [5, 5.41) is 0. The number of piperidine rings is 2. The average molecular weight is 358 g/mol. The first kappa shape index (κ1) is 19.4. The zero-order chi connectivity index (χ0) is 18.4. The van der Waals surface area contributed by atoms with Crippen LogP contribution in [0.25, 0.3) is 0 Å². The van der Waals surface area contributed by atoms with Crippen LogP contribution in [0.15, 0.2) is 30.3 Å². The number of likely N-dealkylation sites (tertiary alicyclic amines) is 2. The number of carbonyl (C=O) groups is 1. The summed E-state index contributed by atoms with van der Waals surface area (Å²) >= 11 is 0. The van der Waals surface area contributed by atoms with E-state index in [-0.39, 0.29) is 0 Å². The first-order valence-corrected chi connectivity index (χ1v) is 10.3. The van der Waals surface area contributed by atoms with Crippen molar-refractivity contribution >= 4 is 5.91 Å². The molecule has 4 heteroatoms. The molecule has 0 bridgehead atoms. The van der Waals surface area contributed by atoms with Crippen LogP contribution in [-0.2, 0) is 11.2 Å². The van der Waals surface area contributed by atoms with E-state index in [1.807, 2.05) is 0 Å². The minimum atomic E-state index is 0.334. The minimum absolute atomic E-state index is 0.334. The number of rotatable bonds is 7. The molecule has 0 saturated carbocycles. The highest BCUT2D eigenvalue weighted by Gasteiger charge is 2.41. The van der Waals surface area contributed by atoms with Crippen molar-refractivity contribution < 1.29 is 4.79 Å². The van der Waals surface area contributed by atoms with Crippen LogP contribution in [0.4, 0.5) is 0 Å². The van der Waals surface area contributed by atoms with Crippen molar-refractivity contribution in [3.05, 3.63) is 35.9 Å². The van der Waals surface area contributed by atoms with Gasteiger partial charge in [-0.25, -0.2) is 0 Å². The Morgan fingerprint density at radius 3 is 2.65 bits per heavy atom. The van der Waals surface area contributed by atoms with Gasteiger partial charge in [-0.2, -0.15) is 0 Å². The molecule has 144 valence electrons. The summed E-state index contributed by atoms with van der Waals surface area (Å²) in [6.07, 6.45) is 6.59. The molecule has 1 atom stereocenters. The number of hydrogen-bond donors (Lipinski definition) is 0. The van der Waals surface area contributed by atoms with Crippen LogP contribution in [0.2, 0.25) is 0 Å². The molecule has 0 N–H and O–H groups in total. The molecule has 2 heterocycles. The molecule has 1 aromatic carbocycles. The number of hydrogen-bond acceptors (Lipinski definition) is 3. The molecule has 0 radical (unpaired) electrons. The highest BCUT2D eigenvalue weighted by atomic mass is 16.2. The van der Waals surface area contributed by atoms with E-state index in [4.69, 9.17) is 0 Å². The Kier molecular flexibility index (Phi) is 6.71. The monoisotopic (exact) mass is 357 g/mol. The summed E-state index contributed by atoms with van der Waals surface area (Å²) in [7, 11) is 4.30. The van der Waals surface area contributed by atoms with Crippen LogP contribution < -0.4 is 0 Å². The fourth-order valence-electron chi connectivity index (χ4n) is 4.66. The number of amides is 1. The normalized spacial score (nSPS) is 24.6. The minimum Gasteiger partial charge on any atom is -0.342 e. The van der Waals surface area contributed by atoms with Crippen LogP contribution in [0.1, 0.15) is 37.7 Å². The van der Waals surface area contributed by atoms with E-state index in [0.29, 0.717) is 11.3 Å². The van der Waals surface area contributed by atoms with Crippen LogP contribution in [-0.4, -0.2) is 74.0 Å². The fourth-order valence-corrected chi connectivity index (χ4v) is 4.66. The van der Waals surface area contributed by atoms with Gasteiger partial charge < -0.3 is 14.7 Å². The lowest BCUT2D eigenvalue weighted by atomic mass is 9.73. The van der Waals surface area contributed by atoms with Crippen LogP contribution in [0.5, 0.6) is 0 Å². The molecule has 3 rings (SSSR count). The van der Waals surface area contributed by atoms with Crippen molar-refractivity contribution in [3.8, 4) is 0 Å². The zero-order valence-electron chi connectivity index (χ0n) is 16.6. The Morgan fingerprint density at radius 2 is 1.88 bits per heavy atom. The Hall–Kier alpha value is -1.39. The van der Waals surface area contributed by atoms with E-state index in [0.717, 1.165) is 38.9 Å². The second kappa shape index (κ2) is 9.01. The summed E-state index contributed by atoms with van der Waals surface area (Å²) in [5.74, 6) is 0.358. The van der Waals surface area contributed by atoms with Gasteiger partial charge in [-0.15, -0.1) is 0 Å². The van der Waals surface area contributed by atoms with Crippen molar-refractivity contribution in [2.75, 3.05) is 53.4 Å². The molecule has 4 nitrogen and oxygen atoms in total. The molecule has 1 amide bonds. The second-order valence-electron chi connectivity index (χ2n) is 8.59. The van der Waals surface area contributed by atoms with E-state index < -0.39 is 0 Å². The topological polar surface area (TPSA) is 26.8 Å². The van der Waals surface area contributed by atoms with Crippen LogP contribution in [0, 0.1) is 5.41 Å². The van der Waals surface area contributed by atoms with Gasteiger partial charge >= 0.3 is 0 Å². The highest BCUT2D eigenvalue weighted by Crippen LogP contribution is 2.38. The van der Waals surface area contributed by atoms with Crippen molar-refractivity contribution in [3.63, 3.8) is 0 Å². The maximum Gasteiger partial charge on any atom is 0.222 e. The van der Waals surface area contributed by atoms with Gasteiger partial charge in [0.15, 0.2) is 0 Å². The van der Waals surface area contributed by atoms with Gasteiger partial charge in [0.05, 0.1) is 0 Å². The fraction of sp³-hybridized carbons (Fsp3) is 0.682. The lowest BCUT2D eigenvalue weighted by Gasteiger charge is -2.48. The van der Waals surface area contributed by atoms with E-state index in [2.05, 4.69) is 59.1 Å². The Labute approximate surface area is 159 Å². The molecule has 0 unspecified atom stereocenters. The van der Waals surface area contributed by atoms with Gasteiger partial charge in [0.25, 0.3) is 0 Å². The smallest absolute Gasteiger partial charge is 0.222 e. The Balaban J connectivity index is 1.54. The third-order valence-electron chi connectivity index (χ3n) is 6.08. The van der Waals surface area contributed by atoms with E-state index >= 15 is 0 Å². The Morgan fingerprint density at radius 1 is 1.08 bits per heavy atom. The molecule has 2 aliphatic heterocycles. The third kappa shape index (κ3) is 5.31. The predicted octanol–water partition coefficient (Wildman–Crippen LogP) is 2.89. The zero-order valence-corrected chi connectivity index (χ0v) is 16.6. The lowest BCUT2D eigenvalue weighted by Crippen LogP contribution is -2.54. The molecule has 0 aromatic heterocycles. The SMILES string of the molecule is CN(C)CCCN1CCC[C@]2(CCC(=O)N(CCc3ccccc3)C2)C1. The average Bonchev–Trinajstić information content (AvgIpc) is 2.64. The largest absolute Gasteiger partial charge is 0.342 e. The maximum absolute atomic E-state index is 12.5. The van der Waals surface area contributed by atoms with Crippen LogP contribution >= 0.6 is 0 Å². The molecule has 2 fully saturated rings. The van der Waals surface area contributed by atoms with Crippen molar-refractivity contribution in [1.82, 2.24) is 14.7 Å². The molecule has 1 spiro atoms. The lowest BCUT2D eigenvalue weighted by molar-refractivity contribution is -0.139. The third-order valence-corrected chi connectivity index (χ3v) is 6.08. The molecule has 2 aliphatic rings. The first-order valence-electron chi connectivity index (χ1n) is 10.3. The van der Waals surface area contributed by atoms with Gasteiger partial charge in [0, 0.05) is 31.5 Å². The molecule has 2 saturated heterocycles. The summed E-state index contributed by atoms with van der Waals surface area (Å²) in [4.78, 5) is 19.5. The van der Waals surface area contributed by atoms with Gasteiger partial charge in [0.2, 0.25) is 5.91 Å². The molecular formula is C22H35N3O. The van der Waals surface area contributed by atoms with E-state index in [1.165, 1.54) is 44.5 Å². The van der Waals surface area contributed by atoms with E-state index in [9.17, 15) is 4.79 Å². The van der Waals surface area contributed by atoms with Crippen LogP contribution in [0.3, 0.4) is 0 Å². The van der Waals surface area contributed by atoms with Crippen molar-refractivity contribution in [1.29, 1.82) is 0 Å². The molecular weight excluding hydrogens is 322 g/mol. The number of nitrogens with zero attached hydrogens (tertiary/aromatic N) is 3. The Bertz CT molecular complexity index is 574. The molecule has 1 aromatic rings. The summed E-state index contributed by atoms with van der Waals surface area (Å²) < 4.78 is 0. The molecule has 26 heavy (non-hydrogen) atoms. The van der Waals surface area contributed by atoms with Gasteiger partial charge in [0.1, 0.15) is 0 Å². The van der Waals surface area contributed by atoms with Crippen molar-refractivity contribution in [2.45, 2.75) is 38.5 Å². The maximum atomic E-state index is 12.5. The standard InChI is InChI=1S/C22H35N3O/c1-23(2)14-7-16-24-15-6-12-22(18-24)13-10-21(26)25(19-22)17-11-20-8-4-3-5-9-20/h3-5,8-9H,6-7,10-19H2,1-2H3/t22-/m0/s1. The number of benzene rings is 1. The van der Waals surface area contributed by atoms with Gasteiger partial charge in [-0.1, -0.05) is 30.3 Å². The van der Waals surface area contributed by atoms with Crippen molar-refractivity contribution in [2.24, 2.45) is 5.41 Å². The van der Waals surface area contributed by atoms with Gasteiger partial charge in [-0.05, 0) is 71.4 Å². The van der Waals surface area contributed by atoms with Gasteiger partial charge in [-0.3, -0.25) is 4.79 Å².